The number of rotatable bonds is 3. The van der Waals surface area contributed by atoms with Gasteiger partial charge in [0.25, 0.3) is 0 Å². The van der Waals surface area contributed by atoms with Gasteiger partial charge in [-0.2, -0.15) is 0 Å². The van der Waals surface area contributed by atoms with E-state index in [1.54, 1.807) is 38.1 Å². The second-order valence-electron chi connectivity index (χ2n) is 3.40. The predicted molar refractivity (Wildman–Crippen MR) is 59.6 cm³/mol. The van der Waals surface area contributed by atoms with Crippen molar-refractivity contribution in [2.24, 2.45) is 5.73 Å². The fraction of sp³-hybridized carbons (Fsp3) is 0.364. The fourth-order valence-electron chi connectivity index (χ4n) is 1.27. The molecule has 1 atom stereocenters. The molecule has 1 aromatic carbocycles. The zero-order chi connectivity index (χ0) is 11.5. The lowest BCUT2D eigenvalue weighted by Crippen LogP contribution is -2.43. The van der Waals surface area contributed by atoms with Crippen LogP contribution in [-0.2, 0) is 15.1 Å². The highest BCUT2D eigenvalue weighted by Crippen LogP contribution is 2.26. The number of carbonyl (C=O) groups excluding carboxylic acids is 1. The first kappa shape index (κ1) is 12.0. The smallest absolute Gasteiger partial charge is 0.330 e. The Hall–Kier alpha value is -1.06. The van der Waals surface area contributed by atoms with Gasteiger partial charge in [0.15, 0.2) is 0 Å². The standard InChI is InChI=1S/C11H14ClNO2/c1-3-15-10(14)11(2,13)8-6-4-5-7-9(8)12/h4-7H,3,13H2,1-2H3. The van der Waals surface area contributed by atoms with Crippen molar-refractivity contribution >= 4 is 17.6 Å². The minimum atomic E-state index is -1.20. The topological polar surface area (TPSA) is 52.3 Å². The number of nitrogens with two attached hydrogens (primary N) is 1. The van der Waals surface area contributed by atoms with Crippen molar-refractivity contribution in [1.82, 2.24) is 0 Å². The SMILES string of the molecule is CCOC(=O)C(C)(N)c1ccccc1Cl. The summed E-state index contributed by atoms with van der Waals surface area (Å²) in [6.07, 6.45) is 0. The van der Waals surface area contributed by atoms with Gasteiger partial charge in [-0.3, -0.25) is 0 Å². The molecule has 1 unspecified atom stereocenters. The first-order chi connectivity index (χ1) is 7.00. The van der Waals surface area contributed by atoms with Gasteiger partial charge in [0.05, 0.1) is 6.61 Å². The maximum atomic E-state index is 11.6. The maximum absolute atomic E-state index is 11.6. The molecule has 0 heterocycles. The van der Waals surface area contributed by atoms with Crippen molar-refractivity contribution in [2.75, 3.05) is 6.61 Å². The van der Waals surface area contributed by atoms with E-state index in [1.165, 1.54) is 0 Å². The van der Waals surface area contributed by atoms with Gasteiger partial charge in [-0.05, 0) is 19.9 Å². The van der Waals surface area contributed by atoms with E-state index in [1.807, 2.05) is 0 Å². The van der Waals surface area contributed by atoms with Crippen LogP contribution in [0.2, 0.25) is 5.02 Å². The minimum absolute atomic E-state index is 0.302. The lowest BCUT2D eigenvalue weighted by atomic mass is 9.93. The Balaban J connectivity index is 3.05. The monoisotopic (exact) mass is 227 g/mol. The Labute approximate surface area is 94.2 Å². The van der Waals surface area contributed by atoms with E-state index >= 15 is 0 Å². The number of halogens is 1. The molecular weight excluding hydrogens is 214 g/mol. The zero-order valence-electron chi connectivity index (χ0n) is 8.79. The molecule has 0 spiro atoms. The van der Waals surface area contributed by atoms with Crippen LogP contribution >= 0.6 is 11.6 Å². The van der Waals surface area contributed by atoms with E-state index in [0.717, 1.165) is 0 Å². The number of hydrogen-bond acceptors (Lipinski definition) is 3. The third-order valence-electron chi connectivity index (χ3n) is 2.13. The highest BCUT2D eigenvalue weighted by Gasteiger charge is 2.33. The average Bonchev–Trinajstić information content (AvgIpc) is 2.18. The largest absolute Gasteiger partial charge is 0.464 e. The van der Waals surface area contributed by atoms with E-state index < -0.39 is 11.5 Å². The normalized spacial score (nSPS) is 14.4. The van der Waals surface area contributed by atoms with Crippen LogP contribution in [0.5, 0.6) is 0 Å². The molecule has 0 aromatic heterocycles. The van der Waals surface area contributed by atoms with Crippen molar-refractivity contribution < 1.29 is 9.53 Å². The van der Waals surface area contributed by atoms with Crippen LogP contribution in [0.15, 0.2) is 24.3 Å². The number of ether oxygens (including phenoxy) is 1. The van der Waals surface area contributed by atoms with Crippen molar-refractivity contribution in [3.05, 3.63) is 34.9 Å². The van der Waals surface area contributed by atoms with E-state index in [4.69, 9.17) is 22.1 Å². The zero-order valence-corrected chi connectivity index (χ0v) is 9.54. The molecule has 2 N–H and O–H groups in total. The van der Waals surface area contributed by atoms with Gasteiger partial charge >= 0.3 is 5.97 Å². The Kier molecular flexibility index (Phi) is 3.72. The van der Waals surface area contributed by atoms with Crippen LogP contribution in [0, 0.1) is 0 Å². The van der Waals surface area contributed by atoms with E-state index in [9.17, 15) is 4.79 Å². The van der Waals surface area contributed by atoms with Gasteiger partial charge in [-0.15, -0.1) is 0 Å². The maximum Gasteiger partial charge on any atom is 0.330 e. The minimum Gasteiger partial charge on any atom is -0.464 e. The summed E-state index contributed by atoms with van der Waals surface area (Å²) in [7, 11) is 0. The molecule has 1 aromatic rings. The lowest BCUT2D eigenvalue weighted by Gasteiger charge is -2.23. The van der Waals surface area contributed by atoms with Crippen LogP contribution in [0.1, 0.15) is 19.4 Å². The predicted octanol–water partition coefficient (Wildman–Crippen LogP) is 2.08. The summed E-state index contributed by atoms with van der Waals surface area (Å²) in [5, 5.41) is 0.468. The van der Waals surface area contributed by atoms with E-state index in [-0.39, 0.29) is 0 Å². The van der Waals surface area contributed by atoms with Gasteiger partial charge < -0.3 is 10.5 Å². The Morgan fingerprint density at radius 2 is 2.13 bits per heavy atom. The second-order valence-corrected chi connectivity index (χ2v) is 3.81. The quantitative estimate of drug-likeness (QED) is 0.805. The van der Waals surface area contributed by atoms with Gasteiger partial charge in [-0.25, -0.2) is 4.79 Å². The van der Waals surface area contributed by atoms with Crippen molar-refractivity contribution in [3.8, 4) is 0 Å². The molecule has 0 saturated heterocycles. The number of carbonyl (C=O) groups is 1. The molecule has 0 bridgehead atoms. The molecule has 0 aliphatic carbocycles. The number of benzene rings is 1. The molecule has 1 rings (SSSR count). The van der Waals surface area contributed by atoms with Crippen LogP contribution in [0.25, 0.3) is 0 Å². The molecule has 0 saturated carbocycles. The number of hydrogen-bond donors (Lipinski definition) is 1. The summed E-state index contributed by atoms with van der Waals surface area (Å²) in [5.74, 6) is -0.474. The Bertz CT molecular complexity index is 363. The van der Waals surface area contributed by atoms with Gasteiger partial charge in [0.2, 0.25) is 0 Å². The Morgan fingerprint density at radius 1 is 1.53 bits per heavy atom. The fourth-order valence-corrected chi connectivity index (χ4v) is 1.61. The summed E-state index contributed by atoms with van der Waals surface area (Å²) in [6.45, 7) is 3.63. The molecule has 3 nitrogen and oxygen atoms in total. The van der Waals surface area contributed by atoms with Crippen LogP contribution in [0.4, 0.5) is 0 Å². The van der Waals surface area contributed by atoms with E-state index in [2.05, 4.69) is 0 Å². The summed E-state index contributed by atoms with van der Waals surface area (Å²) in [4.78, 5) is 11.6. The highest BCUT2D eigenvalue weighted by atomic mass is 35.5. The van der Waals surface area contributed by atoms with Crippen molar-refractivity contribution in [3.63, 3.8) is 0 Å². The molecule has 0 aliphatic rings. The Morgan fingerprint density at radius 3 is 2.67 bits per heavy atom. The summed E-state index contributed by atoms with van der Waals surface area (Å²) >= 11 is 5.97. The number of esters is 1. The molecule has 0 amide bonds. The molecule has 82 valence electrons. The van der Waals surface area contributed by atoms with Crippen LogP contribution in [0.3, 0.4) is 0 Å². The summed E-state index contributed by atoms with van der Waals surface area (Å²) in [5.41, 5.74) is 5.28. The first-order valence-electron chi connectivity index (χ1n) is 4.71. The molecule has 15 heavy (non-hydrogen) atoms. The average molecular weight is 228 g/mol. The lowest BCUT2D eigenvalue weighted by molar-refractivity contribution is -0.149. The molecule has 0 radical (unpaired) electrons. The van der Waals surface area contributed by atoms with Crippen molar-refractivity contribution in [1.29, 1.82) is 0 Å². The summed E-state index contributed by atoms with van der Waals surface area (Å²) in [6, 6.07) is 6.99. The third kappa shape index (κ3) is 2.49. The third-order valence-corrected chi connectivity index (χ3v) is 2.46. The molecule has 4 heteroatoms. The van der Waals surface area contributed by atoms with Gasteiger partial charge in [-0.1, -0.05) is 29.8 Å². The van der Waals surface area contributed by atoms with Crippen LogP contribution < -0.4 is 5.73 Å². The molecule has 0 fully saturated rings. The highest BCUT2D eigenvalue weighted by molar-refractivity contribution is 6.31. The van der Waals surface area contributed by atoms with E-state index in [0.29, 0.717) is 17.2 Å². The van der Waals surface area contributed by atoms with Gasteiger partial charge in [0, 0.05) is 10.6 Å². The first-order valence-corrected chi connectivity index (χ1v) is 5.09. The van der Waals surface area contributed by atoms with Crippen molar-refractivity contribution in [2.45, 2.75) is 19.4 Å². The molecule has 0 aliphatic heterocycles. The molecular formula is C11H14ClNO2. The second kappa shape index (κ2) is 4.64. The van der Waals surface area contributed by atoms with Gasteiger partial charge in [0.1, 0.15) is 5.54 Å². The van der Waals surface area contributed by atoms with Crippen LogP contribution in [-0.4, -0.2) is 12.6 Å². The summed E-state index contributed by atoms with van der Waals surface area (Å²) < 4.78 is 4.89.